The van der Waals surface area contributed by atoms with Crippen LogP contribution in [0.25, 0.3) is 10.8 Å². The Morgan fingerprint density at radius 1 is 1.25 bits per heavy atom. The second-order valence-electron chi connectivity index (χ2n) is 3.62. The Morgan fingerprint density at radius 2 is 2.00 bits per heavy atom. The Bertz CT molecular complexity index is 561. The first-order valence-corrected chi connectivity index (χ1v) is 4.90. The van der Waals surface area contributed by atoms with E-state index in [-0.39, 0.29) is 5.82 Å². The first-order valence-electron chi connectivity index (χ1n) is 4.90. The van der Waals surface area contributed by atoms with Crippen LogP contribution in [0.2, 0.25) is 0 Å². The number of fused-ring (bicyclic) bond motifs is 1. The summed E-state index contributed by atoms with van der Waals surface area (Å²) in [6.45, 7) is 1.71. The SMILES string of the molecule is COC(=O)c1ccc2c(F)c(C)ccc2c1. The molecule has 0 N–H and O–H groups in total. The number of carbonyl (C=O) groups is 1. The second-order valence-corrected chi connectivity index (χ2v) is 3.62. The number of rotatable bonds is 1. The molecule has 2 rings (SSSR count). The van der Waals surface area contributed by atoms with Crippen molar-refractivity contribution in [3.63, 3.8) is 0 Å². The molecule has 16 heavy (non-hydrogen) atoms. The van der Waals surface area contributed by atoms with E-state index < -0.39 is 5.97 Å². The van der Waals surface area contributed by atoms with Crippen molar-refractivity contribution >= 4 is 16.7 Å². The van der Waals surface area contributed by atoms with Gasteiger partial charge < -0.3 is 4.74 Å². The van der Waals surface area contributed by atoms with Gasteiger partial charge in [-0.3, -0.25) is 0 Å². The summed E-state index contributed by atoms with van der Waals surface area (Å²) in [5.41, 5.74) is 1.02. The maximum atomic E-state index is 13.7. The number of benzene rings is 2. The van der Waals surface area contributed by atoms with Gasteiger partial charge in [0.15, 0.2) is 0 Å². The second kappa shape index (κ2) is 3.93. The fraction of sp³-hybridized carbons (Fsp3) is 0.154. The van der Waals surface area contributed by atoms with Gasteiger partial charge in [-0.15, -0.1) is 0 Å². The first kappa shape index (κ1) is 10.6. The molecule has 2 nitrogen and oxygen atoms in total. The van der Waals surface area contributed by atoms with Crippen LogP contribution in [0.3, 0.4) is 0 Å². The largest absolute Gasteiger partial charge is 0.465 e. The number of hydrogen-bond donors (Lipinski definition) is 0. The number of methoxy groups -OCH3 is 1. The van der Waals surface area contributed by atoms with Crippen molar-refractivity contribution in [2.75, 3.05) is 7.11 Å². The molecule has 0 saturated carbocycles. The van der Waals surface area contributed by atoms with Gasteiger partial charge in [-0.1, -0.05) is 18.2 Å². The van der Waals surface area contributed by atoms with E-state index in [4.69, 9.17) is 0 Å². The molecule has 2 aromatic carbocycles. The summed E-state index contributed by atoms with van der Waals surface area (Å²) in [7, 11) is 1.32. The molecule has 0 amide bonds. The predicted molar refractivity (Wildman–Crippen MR) is 60.0 cm³/mol. The molecule has 0 saturated heterocycles. The van der Waals surface area contributed by atoms with E-state index in [1.807, 2.05) is 0 Å². The first-order chi connectivity index (χ1) is 7.63. The third-order valence-corrected chi connectivity index (χ3v) is 2.57. The summed E-state index contributed by atoms with van der Waals surface area (Å²) in [5, 5.41) is 1.22. The van der Waals surface area contributed by atoms with Crippen LogP contribution in [-0.4, -0.2) is 13.1 Å². The van der Waals surface area contributed by atoms with Crippen LogP contribution in [0.1, 0.15) is 15.9 Å². The van der Waals surface area contributed by atoms with Gasteiger partial charge in [-0.05, 0) is 30.0 Å². The number of halogens is 1. The standard InChI is InChI=1S/C13H11FO2/c1-8-3-4-9-7-10(13(15)16-2)5-6-11(9)12(8)14/h3-7H,1-2H3. The molecule has 82 valence electrons. The van der Waals surface area contributed by atoms with Gasteiger partial charge in [0, 0.05) is 5.39 Å². The van der Waals surface area contributed by atoms with Crippen LogP contribution < -0.4 is 0 Å². The molecular weight excluding hydrogens is 207 g/mol. The van der Waals surface area contributed by atoms with E-state index in [0.29, 0.717) is 21.9 Å². The fourth-order valence-corrected chi connectivity index (χ4v) is 1.65. The Kier molecular flexibility index (Phi) is 2.60. The van der Waals surface area contributed by atoms with Crippen molar-refractivity contribution in [2.45, 2.75) is 6.92 Å². The highest BCUT2D eigenvalue weighted by Gasteiger charge is 2.08. The molecule has 0 heterocycles. The Labute approximate surface area is 92.6 Å². The zero-order chi connectivity index (χ0) is 11.7. The summed E-state index contributed by atoms with van der Waals surface area (Å²) in [6, 6.07) is 8.28. The third kappa shape index (κ3) is 1.65. The van der Waals surface area contributed by atoms with Crippen molar-refractivity contribution in [3.8, 4) is 0 Å². The van der Waals surface area contributed by atoms with E-state index in [0.717, 1.165) is 0 Å². The molecule has 0 aliphatic heterocycles. The Balaban J connectivity index is 2.65. The van der Waals surface area contributed by atoms with Crippen LogP contribution in [-0.2, 0) is 4.74 Å². The molecule has 0 atom stereocenters. The fourth-order valence-electron chi connectivity index (χ4n) is 1.65. The summed E-state index contributed by atoms with van der Waals surface area (Å²) in [6.07, 6.45) is 0. The van der Waals surface area contributed by atoms with Crippen molar-refractivity contribution < 1.29 is 13.9 Å². The highest BCUT2D eigenvalue weighted by atomic mass is 19.1. The number of esters is 1. The van der Waals surface area contributed by atoms with Crippen molar-refractivity contribution in [1.29, 1.82) is 0 Å². The van der Waals surface area contributed by atoms with E-state index in [1.54, 1.807) is 37.3 Å². The molecule has 0 aliphatic rings. The highest BCUT2D eigenvalue weighted by molar-refractivity contribution is 5.95. The molecule has 0 bridgehead atoms. The van der Waals surface area contributed by atoms with Gasteiger partial charge in [0.2, 0.25) is 0 Å². The summed E-state index contributed by atoms with van der Waals surface area (Å²) in [5.74, 6) is -0.656. The predicted octanol–water partition coefficient (Wildman–Crippen LogP) is 3.07. The van der Waals surface area contributed by atoms with E-state index >= 15 is 0 Å². The van der Waals surface area contributed by atoms with Crippen LogP contribution in [0.5, 0.6) is 0 Å². The van der Waals surface area contributed by atoms with E-state index in [1.165, 1.54) is 7.11 Å². The van der Waals surface area contributed by atoms with Crippen LogP contribution in [0.4, 0.5) is 4.39 Å². The molecule has 0 aromatic heterocycles. The summed E-state index contributed by atoms with van der Waals surface area (Å²) < 4.78 is 18.3. The van der Waals surface area contributed by atoms with Crippen molar-refractivity contribution in [1.82, 2.24) is 0 Å². The zero-order valence-corrected chi connectivity index (χ0v) is 9.08. The lowest BCUT2D eigenvalue weighted by atomic mass is 10.0. The molecule has 0 spiro atoms. The van der Waals surface area contributed by atoms with E-state index in [9.17, 15) is 9.18 Å². The lowest BCUT2D eigenvalue weighted by Crippen LogP contribution is -2.00. The quantitative estimate of drug-likeness (QED) is 0.687. The Morgan fingerprint density at radius 3 is 2.69 bits per heavy atom. The minimum absolute atomic E-state index is 0.242. The van der Waals surface area contributed by atoms with Crippen LogP contribution in [0, 0.1) is 12.7 Å². The molecular formula is C13H11FO2. The topological polar surface area (TPSA) is 26.3 Å². The molecule has 0 unspecified atom stereocenters. The van der Waals surface area contributed by atoms with Gasteiger partial charge in [0.1, 0.15) is 5.82 Å². The smallest absolute Gasteiger partial charge is 0.337 e. The number of aryl methyl sites for hydroxylation is 1. The van der Waals surface area contributed by atoms with Crippen LogP contribution >= 0.6 is 0 Å². The maximum absolute atomic E-state index is 13.7. The molecule has 0 radical (unpaired) electrons. The summed E-state index contributed by atoms with van der Waals surface area (Å²) in [4.78, 5) is 11.3. The third-order valence-electron chi connectivity index (χ3n) is 2.57. The summed E-state index contributed by atoms with van der Waals surface area (Å²) >= 11 is 0. The van der Waals surface area contributed by atoms with Crippen molar-refractivity contribution in [3.05, 3.63) is 47.3 Å². The maximum Gasteiger partial charge on any atom is 0.337 e. The zero-order valence-electron chi connectivity index (χ0n) is 9.08. The lowest BCUT2D eigenvalue weighted by Gasteiger charge is -2.04. The molecule has 3 heteroatoms. The molecule has 2 aromatic rings. The molecule has 0 fully saturated rings. The van der Waals surface area contributed by atoms with Gasteiger partial charge >= 0.3 is 5.97 Å². The van der Waals surface area contributed by atoms with E-state index in [2.05, 4.69) is 4.74 Å². The van der Waals surface area contributed by atoms with Gasteiger partial charge in [0.25, 0.3) is 0 Å². The van der Waals surface area contributed by atoms with Crippen LogP contribution in [0.15, 0.2) is 30.3 Å². The minimum Gasteiger partial charge on any atom is -0.465 e. The lowest BCUT2D eigenvalue weighted by molar-refractivity contribution is 0.0601. The van der Waals surface area contributed by atoms with Gasteiger partial charge in [-0.25, -0.2) is 9.18 Å². The normalized spacial score (nSPS) is 10.4. The number of hydrogen-bond acceptors (Lipinski definition) is 2. The average Bonchev–Trinajstić information content (AvgIpc) is 2.32. The number of ether oxygens (including phenoxy) is 1. The van der Waals surface area contributed by atoms with Gasteiger partial charge in [0.05, 0.1) is 12.7 Å². The monoisotopic (exact) mass is 218 g/mol. The van der Waals surface area contributed by atoms with Crippen molar-refractivity contribution in [2.24, 2.45) is 0 Å². The van der Waals surface area contributed by atoms with Gasteiger partial charge in [-0.2, -0.15) is 0 Å². The highest BCUT2D eigenvalue weighted by Crippen LogP contribution is 2.22. The molecule has 0 aliphatic carbocycles. The number of carbonyl (C=O) groups excluding carboxylic acids is 1. The Hall–Kier alpha value is -1.90. The average molecular weight is 218 g/mol. The minimum atomic E-state index is -0.414.